The van der Waals surface area contributed by atoms with E-state index in [1.54, 1.807) is 6.07 Å². The molecule has 2 aromatic carbocycles. The molecule has 0 aliphatic rings. The van der Waals surface area contributed by atoms with E-state index in [1.807, 2.05) is 19.2 Å². The highest BCUT2D eigenvalue weighted by atomic mass is 19.1. The average molecular weight is 254 g/mol. The minimum Gasteiger partial charge on any atom is -0.381 e. The van der Waals surface area contributed by atoms with E-state index in [0.29, 0.717) is 6.54 Å². The van der Waals surface area contributed by atoms with Crippen molar-refractivity contribution in [2.45, 2.75) is 13.5 Å². The number of fused-ring (bicyclic) bond motifs is 1. The molecule has 0 bridgehead atoms. The molecule has 96 valence electrons. The lowest BCUT2D eigenvalue weighted by Crippen LogP contribution is -2.01. The van der Waals surface area contributed by atoms with E-state index in [4.69, 9.17) is 0 Å². The van der Waals surface area contributed by atoms with Crippen molar-refractivity contribution in [2.24, 2.45) is 0 Å². The second-order valence-corrected chi connectivity index (χ2v) is 4.71. The molecule has 0 unspecified atom stereocenters. The zero-order valence-corrected chi connectivity index (χ0v) is 10.7. The Morgan fingerprint density at radius 2 is 2.00 bits per heavy atom. The van der Waals surface area contributed by atoms with Crippen LogP contribution in [0.4, 0.5) is 10.1 Å². The highest BCUT2D eigenvalue weighted by Gasteiger charge is 2.01. The lowest BCUT2D eigenvalue weighted by molar-refractivity contribution is 0.628. The molecule has 0 aliphatic carbocycles. The fourth-order valence-electron chi connectivity index (χ4n) is 2.19. The number of benzene rings is 2. The van der Waals surface area contributed by atoms with Crippen LogP contribution in [-0.4, -0.2) is 4.98 Å². The zero-order chi connectivity index (χ0) is 13.2. The Labute approximate surface area is 111 Å². The second kappa shape index (κ2) is 4.76. The van der Waals surface area contributed by atoms with Gasteiger partial charge in [0, 0.05) is 23.9 Å². The third-order valence-electron chi connectivity index (χ3n) is 3.30. The highest BCUT2D eigenvalue weighted by Crippen LogP contribution is 2.19. The lowest BCUT2D eigenvalue weighted by Gasteiger charge is -2.10. The van der Waals surface area contributed by atoms with Crippen LogP contribution in [0.1, 0.15) is 11.1 Å². The summed E-state index contributed by atoms with van der Waals surface area (Å²) >= 11 is 0. The van der Waals surface area contributed by atoms with Crippen molar-refractivity contribution in [3.8, 4) is 0 Å². The molecule has 0 fully saturated rings. The first kappa shape index (κ1) is 11.8. The van der Waals surface area contributed by atoms with Crippen LogP contribution in [0.3, 0.4) is 0 Å². The molecule has 2 nitrogen and oxygen atoms in total. The molecule has 2 N–H and O–H groups in total. The topological polar surface area (TPSA) is 27.8 Å². The number of anilines is 1. The summed E-state index contributed by atoms with van der Waals surface area (Å²) in [5.74, 6) is -0.214. The van der Waals surface area contributed by atoms with Crippen LogP contribution in [0.5, 0.6) is 0 Å². The molecule has 0 aliphatic heterocycles. The van der Waals surface area contributed by atoms with Crippen molar-refractivity contribution in [1.82, 2.24) is 4.98 Å². The van der Waals surface area contributed by atoms with Gasteiger partial charge in [-0.05, 0) is 53.8 Å². The van der Waals surface area contributed by atoms with Crippen LogP contribution in [0.15, 0.2) is 48.7 Å². The molecule has 0 saturated heterocycles. The molecule has 0 radical (unpaired) electrons. The number of aromatic nitrogens is 1. The summed E-state index contributed by atoms with van der Waals surface area (Å²) < 4.78 is 13.2. The molecular formula is C16H15FN2. The third-order valence-corrected chi connectivity index (χ3v) is 3.30. The SMILES string of the molecule is Cc1ccc(F)cc1NCc1ccc2[nH]ccc2c1. The molecule has 3 aromatic rings. The van der Waals surface area contributed by atoms with E-state index in [1.165, 1.54) is 23.1 Å². The van der Waals surface area contributed by atoms with Gasteiger partial charge in [-0.15, -0.1) is 0 Å². The lowest BCUT2D eigenvalue weighted by atomic mass is 10.1. The van der Waals surface area contributed by atoms with Gasteiger partial charge in [-0.2, -0.15) is 0 Å². The number of nitrogens with one attached hydrogen (secondary N) is 2. The Kier molecular flexibility index (Phi) is 2.95. The van der Waals surface area contributed by atoms with Gasteiger partial charge in [0.2, 0.25) is 0 Å². The Hall–Kier alpha value is -2.29. The first-order valence-electron chi connectivity index (χ1n) is 6.28. The number of aryl methyl sites for hydroxylation is 1. The standard InChI is InChI=1S/C16H15FN2/c1-11-2-4-14(17)9-16(11)19-10-12-3-5-15-13(8-12)6-7-18-15/h2-9,18-19H,10H2,1H3. The van der Waals surface area contributed by atoms with E-state index in [2.05, 4.69) is 28.5 Å². The third kappa shape index (κ3) is 2.45. The van der Waals surface area contributed by atoms with Crippen LogP contribution in [-0.2, 0) is 6.54 Å². The van der Waals surface area contributed by atoms with Crippen LogP contribution in [0.25, 0.3) is 10.9 Å². The number of hydrogen-bond acceptors (Lipinski definition) is 1. The molecular weight excluding hydrogens is 239 g/mol. The van der Waals surface area contributed by atoms with E-state index >= 15 is 0 Å². The minimum absolute atomic E-state index is 0.214. The maximum absolute atomic E-state index is 13.2. The molecule has 19 heavy (non-hydrogen) atoms. The van der Waals surface area contributed by atoms with Crippen LogP contribution in [0, 0.1) is 12.7 Å². The van der Waals surface area contributed by atoms with Crippen LogP contribution < -0.4 is 5.32 Å². The Morgan fingerprint density at radius 1 is 1.11 bits per heavy atom. The summed E-state index contributed by atoms with van der Waals surface area (Å²) in [4.78, 5) is 3.17. The molecule has 3 heteroatoms. The van der Waals surface area contributed by atoms with Gasteiger partial charge >= 0.3 is 0 Å². The van der Waals surface area contributed by atoms with Gasteiger partial charge in [0.1, 0.15) is 5.82 Å². The number of H-pyrrole nitrogens is 1. The van der Waals surface area contributed by atoms with E-state index < -0.39 is 0 Å². The van der Waals surface area contributed by atoms with Gasteiger partial charge in [0.25, 0.3) is 0 Å². The maximum atomic E-state index is 13.2. The van der Waals surface area contributed by atoms with Crippen molar-refractivity contribution < 1.29 is 4.39 Å². The quantitative estimate of drug-likeness (QED) is 0.719. The van der Waals surface area contributed by atoms with Gasteiger partial charge < -0.3 is 10.3 Å². The summed E-state index contributed by atoms with van der Waals surface area (Å²) in [6.07, 6.45) is 1.93. The van der Waals surface area contributed by atoms with Gasteiger partial charge in [-0.1, -0.05) is 12.1 Å². The van der Waals surface area contributed by atoms with Crippen molar-refractivity contribution in [3.05, 3.63) is 65.6 Å². The molecule has 0 amide bonds. The monoisotopic (exact) mass is 254 g/mol. The molecule has 3 rings (SSSR count). The number of halogens is 1. The Morgan fingerprint density at radius 3 is 2.89 bits per heavy atom. The second-order valence-electron chi connectivity index (χ2n) is 4.71. The summed E-state index contributed by atoms with van der Waals surface area (Å²) in [5.41, 5.74) is 4.19. The molecule has 0 spiro atoms. The van der Waals surface area contributed by atoms with Crippen LogP contribution in [0.2, 0.25) is 0 Å². The predicted octanol–water partition coefficient (Wildman–Crippen LogP) is 4.23. The summed E-state index contributed by atoms with van der Waals surface area (Å²) in [6, 6.07) is 13.1. The minimum atomic E-state index is -0.214. The van der Waals surface area contributed by atoms with E-state index in [0.717, 1.165) is 16.8 Å². The molecule has 1 aromatic heterocycles. The van der Waals surface area contributed by atoms with Crippen molar-refractivity contribution in [1.29, 1.82) is 0 Å². The highest BCUT2D eigenvalue weighted by molar-refractivity contribution is 5.80. The molecule has 0 atom stereocenters. The largest absolute Gasteiger partial charge is 0.381 e. The number of hydrogen-bond donors (Lipinski definition) is 2. The summed E-state index contributed by atoms with van der Waals surface area (Å²) in [5, 5.41) is 4.47. The fourth-order valence-corrected chi connectivity index (χ4v) is 2.19. The number of rotatable bonds is 3. The predicted molar refractivity (Wildman–Crippen MR) is 76.8 cm³/mol. The van der Waals surface area contributed by atoms with Crippen molar-refractivity contribution in [3.63, 3.8) is 0 Å². The van der Waals surface area contributed by atoms with E-state index in [9.17, 15) is 4.39 Å². The van der Waals surface area contributed by atoms with Crippen LogP contribution >= 0.6 is 0 Å². The van der Waals surface area contributed by atoms with Gasteiger partial charge in [0.05, 0.1) is 0 Å². The van der Waals surface area contributed by atoms with Crippen molar-refractivity contribution >= 4 is 16.6 Å². The average Bonchev–Trinajstić information content (AvgIpc) is 2.87. The number of aromatic amines is 1. The van der Waals surface area contributed by atoms with E-state index in [-0.39, 0.29) is 5.82 Å². The first-order chi connectivity index (χ1) is 9.22. The maximum Gasteiger partial charge on any atom is 0.125 e. The fraction of sp³-hybridized carbons (Fsp3) is 0.125. The van der Waals surface area contributed by atoms with Gasteiger partial charge in [-0.3, -0.25) is 0 Å². The first-order valence-corrected chi connectivity index (χ1v) is 6.28. The summed E-state index contributed by atoms with van der Waals surface area (Å²) in [7, 11) is 0. The molecule has 0 saturated carbocycles. The van der Waals surface area contributed by atoms with Gasteiger partial charge in [-0.25, -0.2) is 4.39 Å². The Balaban J connectivity index is 1.79. The smallest absolute Gasteiger partial charge is 0.125 e. The molecule has 1 heterocycles. The summed E-state index contributed by atoms with van der Waals surface area (Å²) in [6.45, 7) is 2.66. The normalized spacial score (nSPS) is 10.8. The Bertz CT molecular complexity index is 716. The van der Waals surface area contributed by atoms with Crippen molar-refractivity contribution in [2.75, 3.05) is 5.32 Å². The zero-order valence-electron chi connectivity index (χ0n) is 10.7. The van der Waals surface area contributed by atoms with Gasteiger partial charge in [0.15, 0.2) is 0 Å².